The van der Waals surface area contributed by atoms with Crippen molar-refractivity contribution in [3.8, 4) is 0 Å². The average molecular weight is 254 g/mol. The third-order valence-electron chi connectivity index (χ3n) is 3.75. The van der Waals surface area contributed by atoms with Crippen LogP contribution in [0.25, 0.3) is 0 Å². The van der Waals surface area contributed by atoms with Crippen LogP contribution < -0.4 is 0 Å². The van der Waals surface area contributed by atoms with Crippen LogP contribution in [-0.4, -0.2) is 11.1 Å². The van der Waals surface area contributed by atoms with Gasteiger partial charge in [0.15, 0.2) is 0 Å². The molecule has 0 aromatic heterocycles. The van der Waals surface area contributed by atoms with Gasteiger partial charge in [-0.05, 0) is 37.3 Å². The zero-order valence-corrected chi connectivity index (χ0v) is 10.0. The van der Waals surface area contributed by atoms with Crippen LogP contribution in [0.15, 0.2) is 18.2 Å². The lowest BCUT2D eigenvalue weighted by molar-refractivity contribution is -0.144. The molecule has 2 rings (SSSR count). The number of hydrogen-bond donors (Lipinski definition) is 1. The van der Waals surface area contributed by atoms with E-state index in [1.807, 2.05) is 0 Å². The van der Waals surface area contributed by atoms with Gasteiger partial charge in [-0.1, -0.05) is 18.9 Å². The third-order valence-corrected chi connectivity index (χ3v) is 3.75. The molecule has 2 nitrogen and oxygen atoms in total. The minimum absolute atomic E-state index is 0.0238. The number of rotatable bonds is 3. The molecule has 1 aromatic rings. The molecule has 98 valence electrons. The van der Waals surface area contributed by atoms with E-state index in [1.54, 1.807) is 0 Å². The normalized spacial score (nSPS) is 23.9. The van der Waals surface area contributed by atoms with Crippen LogP contribution in [0.2, 0.25) is 0 Å². The van der Waals surface area contributed by atoms with Gasteiger partial charge in [0.2, 0.25) is 0 Å². The van der Waals surface area contributed by atoms with E-state index in [0.717, 1.165) is 19.3 Å². The molecular formula is C14H16F2O2. The van der Waals surface area contributed by atoms with Gasteiger partial charge in [-0.2, -0.15) is 0 Å². The summed E-state index contributed by atoms with van der Waals surface area (Å²) in [4.78, 5) is 11.1. The molecule has 2 unspecified atom stereocenters. The molecule has 0 radical (unpaired) electrons. The molecule has 1 aliphatic carbocycles. The van der Waals surface area contributed by atoms with E-state index in [2.05, 4.69) is 0 Å². The summed E-state index contributed by atoms with van der Waals surface area (Å²) in [6, 6.07) is 3.76. The molecule has 1 fully saturated rings. The predicted molar refractivity (Wildman–Crippen MR) is 63.1 cm³/mol. The molecule has 1 saturated carbocycles. The summed E-state index contributed by atoms with van der Waals surface area (Å²) in [6.45, 7) is 0. The Morgan fingerprint density at radius 1 is 1.22 bits per heavy atom. The van der Waals surface area contributed by atoms with Gasteiger partial charge in [-0.25, -0.2) is 8.78 Å². The fraction of sp³-hybridized carbons (Fsp3) is 0.500. The van der Waals surface area contributed by atoms with Crippen molar-refractivity contribution in [1.82, 2.24) is 0 Å². The second-order valence-corrected chi connectivity index (χ2v) is 4.89. The van der Waals surface area contributed by atoms with Gasteiger partial charge in [0.25, 0.3) is 0 Å². The second-order valence-electron chi connectivity index (χ2n) is 4.89. The van der Waals surface area contributed by atoms with Gasteiger partial charge in [0, 0.05) is 5.56 Å². The number of carboxylic acid groups (broad SMARTS) is 1. The summed E-state index contributed by atoms with van der Waals surface area (Å²) < 4.78 is 27.1. The summed E-state index contributed by atoms with van der Waals surface area (Å²) in [6.07, 6.45) is 3.33. The molecule has 2 atom stereocenters. The highest BCUT2D eigenvalue weighted by molar-refractivity contribution is 5.70. The average Bonchev–Trinajstić information content (AvgIpc) is 2.34. The minimum atomic E-state index is -0.851. The maximum Gasteiger partial charge on any atom is 0.306 e. The van der Waals surface area contributed by atoms with Crippen LogP contribution >= 0.6 is 0 Å². The van der Waals surface area contributed by atoms with Crippen molar-refractivity contribution in [3.63, 3.8) is 0 Å². The Bertz CT molecular complexity index is 425. The molecule has 0 aliphatic heterocycles. The first-order valence-corrected chi connectivity index (χ1v) is 6.25. The molecule has 0 spiro atoms. The van der Waals surface area contributed by atoms with E-state index >= 15 is 0 Å². The van der Waals surface area contributed by atoms with Crippen LogP contribution in [-0.2, 0) is 11.2 Å². The Labute approximate surface area is 105 Å². The van der Waals surface area contributed by atoms with Crippen molar-refractivity contribution < 1.29 is 18.7 Å². The lowest BCUT2D eigenvalue weighted by Crippen LogP contribution is -2.28. The van der Waals surface area contributed by atoms with Crippen LogP contribution in [0, 0.1) is 23.5 Å². The fourth-order valence-corrected chi connectivity index (χ4v) is 2.77. The van der Waals surface area contributed by atoms with Gasteiger partial charge in [-0.3, -0.25) is 4.79 Å². The van der Waals surface area contributed by atoms with Gasteiger partial charge >= 0.3 is 5.97 Å². The smallest absolute Gasteiger partial charge is 0.306 e. The first-order valence-electron chi connectivity index (χ1n) is 6.25. The quantitative estimate of drug-likeness (QED) is 0.897. The van der Waals surface area contributed by atoms with Gasteiger partial charge < -0.3 is 5.11 Å². The highest BCUT2D eigenvalue weighted by Gasteiger charge is 2.31. The van der Waals surface area contributed by atoms with Crippen LogP contribution in [0.5, 0.6) is 0 Å². The number of benzene rings is 1. The third kappa shape index (κ3) is 2.68. The number of carbonyl (C=O) groups is 1. The molecule has 1 aromatic carbocycles. The summed E-state index contributed by atoms with van der Waals surface area (Å²) >= 11 is 0. The van der Waals surface area contributed by atoms with Crippen molar-refractivity contribution in [3.05, 3.63) is 35.4 Å². The topological polar surface area (TPSA) is 37.3 Å². The van der Waals surface area contributed by atoms with Crippen molar-refractivity contribution in [1.29, 1.82) is 0 Å². The lowest BCUT2D eigenvalue weighted by Gasteiger charge is -2.28. The Balaban J connectivity index is 2.18. The Morgan fingerprint density at radius 2 is 1.83 bits per heavy atom. The van der Waals surface area contributed by atoms with Gasteiger partial charge in [0.05, 0.1) is 5.92 Å². The van der Waals surface area contributed by atoms with Gasteiger partial charge in [0.1, 0.15) is 11.6 Å². The zero-order chi connectivity index (χ0) is 13.1. The summed E-state index contributed by atoms with van der Waals surface area (Å²) in [5.74, 6) is -2.65. The Hall–Kier alpha value is -1.45. The zero-order valence-electron chi connectivity index (χ0n) is 10.0. The largest absolute Gasteiger partial charge is 0.481 e. The molecule has 1 aliphatic rings. The van der Waals surface area contributed by atoms with Crippen molar-refractivity contribution >= 4 is 5.97 Å². The molecule has 0 saturated heterocycles. The Morgan fingerprint density at radius 3 is 2.44 bits per heavy atom. The standard InChI is InChI=1S/C14H16F2O2/c15-12-6-3-7-13(16)11(12)8-9-4-1-2-5-10(9)14(17)18/h3,6-7,9-10H,1-2,4-5,8H2,(H,17,18). The number of aliphatic carboxylic acids is 1. The number of carboxylic acids is 1. The minimum Gasteiger partial charge on any atom is -0.481 e. The molecule has 18 heavy (non-hydrogen) atoms. The first-order chi connectivity index (χ1) is 8.59. The van der Waals surface area contributed by atoms with Crippen molar-refractivity contribution in [2.24, 2.45) is 11.8 Å². The SMILES string of the molecule is O=C(O)C1CCCCC1Cc1c(F)cccc1F. The molecule has 1 N–H and O–H groups in total. The second kappa shape index (κ2) is 5.46. The van der Waals surface area contributed by atoms with Crippen LogP contribution in [0.4, 0.5) is 8.78 Å². The lowest BCUT2D eigenvalue weighted by atomic mass is 9.76. The number of hydrogen-bond acceptors (Lipinski definition) is 1. The first kappa shape index (κ1) is 13.0. The summed E-state index contributed by atoms with van der Waals surface area (Å²) in [5.41, 5.74) is 0.0238. The van der Waals surface area contributed by atoms with E-state index in [9.17, 15) is 13.6 Å². The number of halogens is 2. The van der Waals surface area contributed by atoms with Crippen molar-refractivity contribution in [2.45, 2.75) is 32.1 Å². The van der Waals surface area contributed by atoms with Crippen LogP contribution in [0.1, 0.15) is 31.2 Å². The highest BCUT2D eigenvalue weighted by Crippen LogP contribution is 2.33. The molecule has 0 bridgehead atoms. The van der Waals surface area contributed by atoms with Crippen LogP contribution in [0.3, 0.4) is 0 Å². The van der Waals surface area contributed by atoms with Gasteiger partial charge in [-0.15, -0.1) is 0 Å². The molecular weight excluding hydrogens is 238 g/mol. The van der Waals surface area contributed by atoms with E-state index in [4.69, 9.17) is 5.11 Å². The molecule has 0 amide bonds. The predicted octanol–water partition coefficient (Wildman–Crippen LogP) is 3.40. The maximum atomic E-state index is 13.5. The monoisotopic (exact) mass is 254 g/mol. The Kier molecular flexibility index (Phi) is 3.94. The van der Waals surface area contributed by atoms with E-state index in [1.165, 1.54) is 18.2 Å². The van der Waals surface area contributed by atoms with E-state index in [-0.39, 0.29) is 17.9 Å². The molecule has 0 heterocycles. The van der Waals surface area contributed by atoms with E-state index in [0.29, 0.717) is 6.42 Å². The summed E-state index contributed by atoms with van der Waals surface area (Å²) in [7, 11) is 0. The fourth-order valence-electron chi connectivity index (χ4n) is 2.77. The maximum absolute atomic E-state index is 13.5. The van der Waals surface area contributed by atoms with E-state index < -0.39 is 23.5 Å². The molecule has 4 heteroatoms. The highest BCUT2D eigenvalue weighted by atomic mass is 19.1. The van der Waals surface area contributed by atoms with Crippen molar-refractivity contribution in [2.75, 3.05) is 0 Å². The summed E-state index contributed by atoms with van der Waals surface area (Å²) in [5, 5.41) is 9.14.